The lowest BCUT2D eigenvalue weighted by Gasteiger charge is -2.09. The van der Waals surface area contributed by atoms with E-state index in [2.05, 4.69) is 10.7 Å². The highest BCUT2D eigenvalue weighted by molar-refractivity contribution is 4.42. The minimum absolute atomic E-state index is 0.0741. The highest BCUT2D eigenvalue weighted by Crippen LogP contribution is 1.97. The largest absolute Gasteiger partial charge is 0.366 e. The average molecular weight is 105 g/mol. The Hall–Kier alpha value is -0.120. The van der Waals surface area contributed by atoms with E-state index in [0.717, 1.165) is 0 Å². The van der Waals surface area contributed by atoms with Gasteiger partial charge in [-0.05, 0) is 0 Å². The second-order valence-electron chi connectivity index (χ2n) is 1.77. The third kappa shape index (κ3) is 2.56. The molecule has 0 amide bonds. The van der Waals surface area contributed by atoms with Crippen molar-refractivity contribution in [3.63, 3.8) is 0 Å². The number of hydrogen-bond donors (Lipinski definition) is 2. The van der Waals surface area contributed by atoms with E-state index < -0.39 is 6.29 Å². The Morgan fingerprint density at radius 3 is 2.00 bits per heavy atom. The normalized spacial score (nSPS) is 15.0. The van der Waals surface area contributed by atoms with E-state index in [-0.39, 0.29) is 5.92 Å². The van der Waals surface area contributed by atoms with Crippen LogP contribution in [-0.4, -0.2) is 11.4 Å². The molecule has 0 aliphatic heterocycles. The molecule has 0 aromatic rings. The number of nitrogens with two attached hydrogens (primary N) is 1. The van der Waals surface area contributed by atoms with Gasteiger partial charge in [-0.25, -0.2) is 5.90 Å². The fourth-order valence-electron chi connectivity index (χ4n) is 0.157. The monoisotopic (exact) mass is 105 g/mol. The molecule has 0 aliphatic carbocycles. The maximum absolute atomic E-state index is 8.59. The molecule has 0 fully saturated rings. The van der Waals surface area contributed by atoms with Gasteiger partial charge in [0.25, 0.3) is 0 Å². The molecule has 3 N–H and O–H groups in total. The van der Waals surface area contributed by atoms with Gasteiger partial charge in [0.1, 0.15) is 0 Å². The van der Waals surface area contributed by atoms with Crippen LogP contribution in [0.2, 0.25) is 0 Å². The summed E-state index contributed by atoms with van der Waals surface area (Å²) in [5.74, 6) is 4.70. The Labute approximate surface area is 43.0 Å². The quantitative estimate of drug-likeness (QED) is 0.379. The van der Waals surface area contributed by atoms with Crippen molar-refractivity contribution < 1.29 is 9.94 Å². The number of rotatable bonds is 2. The second-order valence-corrected chi connectivity index (χ2v) is 1.77. The molecule has 1 unspecified atom stereocenters. The van der Waals surface area contributed by atoms with Crippen molar-refractivity contribution in [3.05, 3.63) is 0 Å². The van der Waals surface area contributed by atoms with Gasteiger partial charge in [0, 0.05) is 5.92 Å². The molecule has 3 nitrogen and oxygen atoms in total. The third-order valence-corrected chi connectivity index (χ3v) is 0.710. The summed E-state index contributed by atoms with van der Waals surface area (Å²) in [5, 5.41) is 8.59. The van der Waals surface area contributed by atoms with Crippen LogP contribution in [0.3, 0.4) is 0 Å². The zero-order valence-corrected chi connectivity index (χ0v) is 4.59. The van der Waals surface area contributed by atoms with E-state index in [4.69, 9.17) is 5.11 Å². The Morgan fingerprint density at radius 2 is 2.00 bits per heavy atom. The summed E-state index contributed by atoms with van der Waals surface area (Å²) in [4.78, 5) is 4.07. The van der Waals surface area contributed by atoms with Gasteiger partial charge in [0.2, 0.25) is 0 Å². The van der Waals surface area contributed by atoms with Gasteiger partial charge in [-0.15, -0.1) is 0 Å². The summed E-state index contributed by atoms with van der Waals surface area (Å²) in [6, 6.07) is 0. The first-order valence-electron chi connectivity index (χ1n) is 2.22. The summed E-state index contributed by atoms with van der Waals surface area (Å²) < 4.78 is 0. The molecule has 0 saturated carbocycles. The predicted octanol–water partition coefficient (Wildman–Crippen LogP) is -0.149. The predicted molar refractivity (Wildman–Crippen MR) is 26.1 cm³/mol. The van der Waals surface area contributed by atoms with Crippen LogP contribution in [0.4, 0.5) is 0 Å². The first-order chi connectivity index (χ1) is 3.18. The molecule has 0 heterocycles. The highest BCUT2D eigenvalue weighted by Gasteiger charge is 2.05. The minimum Gasteiger partial charge on any atom is -0.366 e. The van der Waals surface area contributed by atoms with Crippen LogP contribution in [0.5, 0.6) is 0 Å². The summed E-state index contributed by atoms with van der Waals surface area (Å²) >= 11 is 0. The van der Waals surface area contributed by atoms with Crippen molar-refractivity contribution in [1.29, 1.82) is 0 Å². The summed E-state index contributed by atoms with van der Waals surface area (Å²) in [5.41, 5.74) is 0. The van der Waals surface area contributed by atoms with Crippen molar-refractivity contribution >= 4 is 0 Å². The minimum atomic E-state index is -0.819. The fraction of sp³-hybridized carbons (Fsp3) is 1.00. The van der Waals surface area contributed by atoms with Crippen LogP contribution >= 0.6 is 0 Å². The molecule has 0 aromatic carbocycles. The Balaban J connectivity index is 3.14. The van der Waals surface area contributed by atoms with Gasteiger partial charge in [-0.1, -0.05) is 13.8 Å². The fourth-order valence-corrected chi connectivity index (χ4v) is 0.157. The van der Waals surface area contributed by atoms with Crippen LogP contribution in [0.1, 0.15) is 13.8 Å². The molecular formula is C4H11NO2. The molecule has 0 rings (SSSR count). The zero-order valence-electron chi connectivity index (χ0n) is 4.59. The van der Waals surface area contributed by atoms with Gasteiger partial charge in [0.05, 0.1) is 0 Å². The molecule has 1 atom stereocenters. The molecule has 0 saturated heterocycles. The van der Waals surface area contributed by atoms with Crippen molar-refractivity contribution in [2.45, 2.75) is 20.1 Å². The maximum atomic E-state index is 8.59. The smallest absolute Gasteiger partial charge is 0.176 e. The van der Waals surface area contributed by atoms with E-state index in [1.165, 1.54) is 0 Å². The van der Waals surface area contributed by atoms with Gasteiger partial charge in [-0.2, -0.15) is 0 Å². The number of aliphatic hydroxyl groups excluding tert-OH is 1. The van der Waals surface area contributed by atoms with Gasteiger partial charge in [0.15, 0.2) is 6.29 Å². The van der Waals surface area contributed by atoms with E-state index >= 15 is 0 Å². The summed E-state index contributed by atoms with van der Waals surface area (Å²) in [6.45, 7) is 3.63. The van der Waals surface area contributed by atoms with Crippen molar-refractivity contribution in [1.82, 2.24) is 0 Å². The summed E-state index contributed by atoms with van der Waals surface area (Å²) in [7, 11) is 0. The Morgan fingerprint density at radius 1 is 1.57 bits per heavy atom. The second kappa shape index (κ2) is 2.96. The molecule has 7 heavy (non-hydrogen) atoms. The molecule has 0 aliphatic rings. The van der Waals surface area contributed by atoms with Gasteiger partial charge in [-0.3, -0.25) is 4.84 Å². The number of aliphatic hydroxyl groups is 1. The third-order valence-electron chi connectivity index (χ3n) is 0.710. The van der Waals surface area contributed by atoms with Gasteiger partial charge >= 0.3 is 0 Å². The maximum Gasteiger partial charge on any atom is 0.176 e. The molecule has 3 heteroatoms. The molecule has 44 valence electrons. The summed E-state index contributed by atoms with van der Waals surface area (Å²) in [6.07, 6.45) is -0.819. The van der Waals surface area contributed by atoms with Crippen LogP contribution in [0.15, 0.2) is 0 Å². The van der Waals surface area contributed by atoms with E-state index in [0.29, 0.717) is 0 Å². The lowest BCUT2D eigenvalue weighted by atomic mass is 10.2. The van der Waals surface area contributed by atoms with E-state index in [1.807, 2.05) is 13.8 Å². The SMILES string of the molecule is CC(C)C(O)ON. The zero-order chi connectivity index (χ0) is 5.86. The number of hydrogen-bond acceptors (Lipinski definition) is 3. The highest BCUT2D eigenvalue weighted by atomic mass is 16.7. The molecule has 0 aromatic heterocycles. The van der Waals surface area contributed by atoms with E-state index in [9.17, 15) is 0 Å². The van der Waals surface area contributed by atoms with Crippen LogP contribution in [-0.2, 0) is 4.84 Å². The molecule has 0 radical (unpaired) electrons. The first-order valence-corrected chi connectivity index (χ1v) is 2.22. The lowest BCUT2D eigenvalue weighted by molar-refractivity contribution is -0.128. The van der Waals surface area contributed by atoms with Crippen molar-refractivity contribution in [2.24, 2.45) is 11.8 Å². The van der Waals surface area contributed by atoms with Crippen LogP contribution in [0.25, 0.3) is 0 Å². The molecule has 0 bridgehead atoms. The Bertz CT molecular complexity index is 47.0. The lowest BCUT2D eigenvalue weighted by Crippen LogP contribution is -2.22. The van der Waals surface area contributed by atoms with Crippen molar-refractivity contribution in [3.8, 4) is 0 Å². The Kier molecular flexibility index (Phi) is 2.91. The van der Waals surface area contributed by atoms with Crippen LogP contribution in [0, 0.1) is 5.92 Å². The average Bonchev–Trinajstić information content (AvgIpc) is 1.65. The standard InChI is InChI=1S/C4H11NO2/c1-3(2)4(6)7-5/h3-4,6H,5H2,1-2H3. The van der Waals surface area contributed by atoms with Gasteiger partial charge < -0.3 is 5.11 Å². The van der Waals surface area contributed by atoms with E-state index in [1.54, 1.807) is 0 Å². The van der Waals surface area contributed by atoms with Crippen molar-refractivity contribution in [2.75, 3.05) is 0 Å². The molecule has 0 spiro atoms. The van der Waals surface area contributed by atoms with Crippen LogP contribution < -0.4 is 5.90 Å². The first kappa shape index (κ1) is 6.88. The molecular weight excluding hydrogens is 94.0 g/mol. The topological polar surface area (TPSA) is 55.5 Å².